The van der Waals surface area contributed by atoms with Gasteiger partial charge in [-0.25, -0.2) is 4.98 Å². The van der Waals surface area contributed by atoms with Gasteiger partial charge in [0.15, 0.2) is 0 Å². The van der Waals surface area contributed by atoms with E-state index in [4.69, 9.17) is 11.5 Å². The normalized spacial score (nSPS) is 12.2. The zero-order valence-corrected chi connectivity index (χ0v) is 10.4. The van der Waals surface area contributed by atoms with Crippen molar-refractivity contribution in [3.63, 3.8) is 0 Å². The molecule has 0 radical (unpaired) electrons. The number of carbonyl (C=O) groups is 1. The molecule has 1 aromatic heterocycles. The summed E-state index contributed by atoms with van der Waals surface area (Å²) in [5.41, 5.74) is 11.4. The molecule has 94 valence electrons. The Morgan fingerprint density at radius 2 is 2.29 bits per heavy atom. The number of carbonyl (C=O) groups excluding carboxylic acids is 1. The molecule has 5 heteroatoms. The van der Waals surface area contributed by atoms with Crippen LogP contribution in [0.3, 0.4) is 0 Å². The molecular formula is C12H20N4O. The fourth-order valence-corrected chi connectivity index (χ4v) is 1.66. The molecule has 0 aliphatic rings. The number of hydrogen-bond acceptors (Lipinski definition) is 4. The van der Waals surface area contributed by atoms with E-state index in [1.54, 1.807) is 18.3 Å². The van der Waals surface area contributed by atoms with Crippen molar-refractivity contribution in [2.75, 3.05) is 24.5 Å². The van der Waals surface area contributed by atoms with Crippen molar-refractivity contribution in [1.82, 2.24) is 4.98 Å². The summed E-state index contributed by atoms with van der Waals surface area (Å²) in [5, 5.41) is 0. The van der Waals surface area contributed by atoms with Gasteiger partial charge in [0.2, 0.25) is 0 Å². The molecule has 1 unspecified atom stereocenters. The number of amides is 1. The van der Waals surface area contributed by atoms with Crippen molar-refractivity contribution < 1.29 is 4.79 Å². The summed E-state index contributed by atoms with van der Waals surface area (Å²) in [6.45, 7) is 6.22. The quantitative estimate of drug-likeness (QED) is 0.757. The van der Waals surface area contributed by atoms with E-state index < -0.39 is 5.91 Å². The zero-order valence-electron chi connectivity index (χ0n) is 10.4. The van der Waals surface area contributed by atoms with Gasteiger partial charge < -0.3 is 16.4 Å². The van der Waals surface area contributed by atoms with Crippen molar-refractivity contribution in [2.24, 2.45) is 17.4 Å². The van der Waals surface area contributed by atoms with Crippen molar-refractivity contribution >= 4 is 11.7 Å². The van der Waals surface area contributed by atoms with E-state index >= 15 is 0 Å². The van der Waals surface area contributed by atoms with Gasteiger partial charge in [0.25, 0.3) is 5.91 Å². The molecule has 1 amide bonds. The topological polar surface area (TPSA) is 85.2 Å². The minimum atomic E-state index is -0.452. The molecule has 0 fully saturated rings. The highest BCUT2D eigenvalue weighted by Gasteiger charge is 2.16. The van der Waals surface area contributed by atoms with E-state index in [1.165, 1.54) is 0 Å². The maximum atomic E-state index is 11.3. The van der Waals surface area contributed by atoms with Crippen molar-refractivity contribution in [3.8, 4) is 0 Å². The Morgan fingerprint density at radius 3 is 2.82 bits per heavy atom. The molecule has 4 N–H and O–H groups in total. The van der Waals surface area contributed by atoms with Crippen molar-refractivity contribution in [2.45, 2.75) is 13.8 Å². The third-order valence-electron chi connectivity index (χ3n) is 2.67. The van der Waals surface area contributed by atoms with Crippen LogP contribution in [0.25, 0.3) is 0 Å². The average molecular weight is 236 g/mol. The van der Waals surface area contributed by atoms with Crippen LogP contribution in [-0.4, -0.2) is 30.5 Å². The Bertz CT molecular complexity index is 381. The van der Waals surface area contributed by atoms with Gasteiger partial charge in [0.05, 0.1) is 5.56 Å². The SMILES string of the molecule is CCN(CC(C)CN)c1ncccc1C(N)=O. The number of hydrogen-bond donors (Lipinski definition) is 2. The predicted octanol–water partition coefficient (Wildman–Crippen LogP) is 0.602. The first-order valence-electron chi connectivity index (χ1n) is 5.80. The molecule has 17 heavy (non-hydrogen) atoms. The van der Waals surface area contributed by atoms with Crippen LogP contribution in [0.2, 0.25) is 0 Å². The van der Waals surface area contributed by atoms with Crippen LogP contribution in [-0.2, 0) is 0 Å². The summed E-state index contributed by atoms with van der Waals surface area (Å²) in [6.07, 6.45) is 1.66. The van der Waals surface area contributed by atoms with Gasteiger partial charge >= 0.3 is 0 Å². The second-order valence-corrected chi connectivity index (χ2v) is 4.12. The Labute approximate surface area is 102 Å². The Balaban J connectivity index is 2.99. The first-order chi connectivity index (χ1) is 8.10. The molecule has 1 rings (SSSR count). The number of pyridine rings is 1. The third-order valence-corrected chi connectivity index (χ3v) is 2.67. The number of primary amides is 1. The lowest BCUT2D eigenvalue weighted by molar-refractivity contribution is 0.100. The van der Waals surface area contributed by atoms with Crippen LogP contribution in [0.5, 0.6) is 0 Å². The summed E-state index contributed by atoms with van der Waals surface area (Å²) in [6, 6.07) is 3.41. The van der Waals surface area contributed by atoms with Gasteiger partial charge in [-0.1, -0.05) is 6.92 Å². The zero-order chi connectivity index (χ0) is 12.8. The molecule has 0 bridgehead atoms. The smallest absolute Gasteiger partial charge is 0.252 e. The lowest BCUT2D eigenvalue weighted by atomic mass is 10.1. The molecule has 0 spiro atoms. The van der Waals surface area contributed by atoms with Crippen LogP contribution >= 0.6 is 0 Å². The number of nitrogens with zero attached hydrogens (tertiary/aromatic N) is 2. The molecule has 1 heterocycles. The summed E-state index contributed by atoms with van der Waals surface area (Å²) in [5.74, 6) is 0.535. The van der Waals surface area contributed by atoms with Crippen LogP contribution < -0.4 is 16.4 Å². The summed E-state index contributed by atoms with van der Waals surface area (Å²) >= 11 is 0. The number of anilines is 1. The minimum Gasteiger partial charge on any atom is -0.365 e. The first kappa shape index (κ1) is 13.4. The molecule has 1 atom stereocenters. The van der Waals surface area contributed by atoms with Crippen molar-refractivity contribution in [3.05, 3.63) is 23.9 Å². The maximum absolute atomic E-state index is 11.3. The van der Waals surface area contributed by atoms with Crippen LogP contribution in [0.4, 0.5) is 5.82 Å². The monoisotopic (exact) mass is 236 g/mol. The molecule has 5 nitrogen and oxygen atoms in total. The lowest BCUT2D eigenvalue weighted by Gasteiger charge is -2.26. The largest absolute Gasteiger partial charge is 0.365 e. The standard InChI is InChI=1S/C12H20N4O/c1-3-16(8-9(2)7-13)12-10(11(14)17)5-4-6-15-12/h4-6,9H,3,7-8,13H2,1-2H3,(H2,14,17). The van der Waals surface area contributed by atoms with Gasteiger partial charge in [-0.05, 0) is 31.5 Å². The minimum absolute atomic E-state index is 0.345. The van der Waals surface area contributed by atoms with Crippen LogP contribution in [0, 0.1) is 5.92 Å². The van der Waals surface area contributed by atoms with E-state index in [0.717, 1.165) is 13.1 Å². The van der Waals surface area contributed by atoms with Gasteiger partial charge in [-0.15, -0.1) is 0 Å². The Morgan fingerprint density at radius 1 is 1.59 bits per heavy atom. The third kappa shape index (κ3) is 3.42. The molecule has 0 aliphatic carbocycles. The van der Waals surface area contributed by atoms with Crippen LogP contribution in [0.15, 0.2) is 18.3 Å². The maximum Gasteiger partial charge on any atom is 0.252 e. The molecule has 1 aromatic rings. The average Bonchev–Trinajstić information content (AvgIpc) is 2.35. The van der Waals surface area contributed by atoms with E-state index in [1.807, 2.05) is 11.8 Å². The molecule has 0 saturated heterocycles. The molecular weight excluding hydrogens is 216 g/mol. The van der Waals surface area contributed by atoms with E-state index in [9.17, 15) is 4.79 Å². The van der Waals surface area contributed by atoms with E-state index in [0.29, 0.717) is 23.8 Å². The molecule has 0 aromatic carbocycles. The van der Waals surface area contributed by atoms with Gasteiger partial charge in [0, 0.05) is 19.3 Å². The second kappa shape index (κ2) is 6.20. The number of rotatable bonds is 6. The second-order valence-electron chi connectivity index (χ2n) is 4.12. The highest BCUT2D eigenvalue weighted by molar-refractivity contribution is 5.97. The van der Waals surface area contributed by atoms with Gasteiger partial charge in [0.1, 0.15) is 5.82 Å². The molecule has 0 saturated carbocycles. The lowest BCUT2D eigenvalue weighted by Crippen LogP contribution is -2.33. The number of aromatic nitrogens is 1. The Kier molecular flexibility index (Phi) is 4.90. The predicted molar refractivity (Wildman–Crippen MR) is 68.9 cm³/mol. The summed E-state index contributed by atoms with van der Waals surface area (Å²) < 4.78 is 0. The van der Waals surface area contributed by atoms with Gasteiger partial charge in [-0.3, -0.25) is 4.79 Å². The highest BCUT2D eigenvalue weighted by Crippen LogP contribution is 2.17. The highest BCUT2D eigenvalue weighted by atomic mass is 16.1. The number of nitrogens with two attached hydrogens (primary N) is 2. The molecule has 0 aliphatic heterocycles. The fourth-order valence-electron chi connectivity index (χ4n) is 1.66. The van der Waals surface area contributed by atoms with Crippen molar-refractivity contribution in [1.29, 1.82) is 0 Å². The van der Waals surface area contributed by atoms with Gasteiger partial charge in [-0.2, -0.15) is 0 Å². The fraction of sp³-hybridized carbons (Fsp3) is 0.500. The first-order valence-corrected chi connectivity index (χ1v) is 5.80. The Hall–Kier alpha value is -1.62. The van der Waals surface area contributed by atoms with E-state index in [-0.39, 0.29) is 0 Å². The van der Waals surface area contributed by atoms with Crippen LogP contribution in [0.1, 0.15) is 24.2 Å². The summed E-state index contributed by atoms with van der Waals surface area (Å²) in [7, 11) is 0. The summed E-state index contributed by atoms with van der Waals surface area (Å²) in [4.78, 5) is 17.6. The van der Waals surface area contributed by atoms with E-state index in [2.05, 4.69) is 11.9 Å².